The number of carbonyl (C=O) groups excluding carboxylic acids is 1. The molecule has 0 fully saturated rings. The molecule has 21 heavy (non-hydrogen) atoms. The second kappa shape index (κ2) is 6.44. The smallest absolute Gasteiger partial charge is 0.251 e. The van der Waals surface area contributed by atoms with Crippen LogP contribution in [0.5, 0.6) is 0 Å². The summed E-state index contributed by atoms with van der Waals surface area (Å²) >= 11 is 3.38. The Kier molecular flexibility index (Phi) is 4.84. The number of carbonyl (C=O) groups is 1. The number of nitrogens with one attached hydrogen (secondary N) is 1. The van der Waals surface area contributed by atoms with Crippen LogP contribution in [0.15, 0.2) is 59.1 Å². The van der Waals surface area contributed by atoms with Gasteiger partial charge in [0.1, 0.15) is 0 Å². The van der Waals surface area contributed by atoms with Gasteiger partial charge in [0.2, 0.25) is 0 Å². The lowest BCUT2D eigenvalue weighted by atomic mass is 9.82. The summed E-state index contributed by atoms with van der Waals surface area (Å²) in [7, 11) is 0. The van der Waals surface area contributed by atoms with Crippen molar-refractivity contribution in [3.63, 3.8) is 0 Å². The largest absolute Gasteiger partial charge is 0.345 e. The Labute approximate surface area is 134 Å². The quantitative estimate of drug-likeness (QED) is 0.836. The van der Waals surface area contributed by atoms with Crippen molar-refractivity contribution < 1.29 is 4.79 Å². The summed E-state index contributed by atoms with van der Waals surface area (Å²) < 4.78 is 0.967. The maximum absolute atomic E-state index is 12.5. The molecule has 0 aliphatic rings. The molecule has 0 aliphatic heterocycles. The number of amides is 1. The number of rotatable bonds is 3. The van der Waals surface area contributed by atoms with Crippen molar-refractivity contribution in [2.45, 2.75) is 26.8 Å². The van der Waals surface area contributed by atoms with Gasteiger partial charge in [-0.15, -0.1) is 0 Å². The van der Waals surface area contributed by atoms with Gasteiger partial charge in [-0.1, -0.05) is 67.0 Å². The fourth-order valence-corrected chi connectivity index (χ4v) is 2.53. The molecule has 2 rings (SSSR count). The van der Waals surface area contributed by atoms with Crippen LogP contribution in [0, 0.1) is 5.41 Å². The van der Waals surface area contributed by atoms with Gasteiger partial charge in [0.15, 0.2) is 0 Å². The van der Waals surface area contributed by atoms with Gasteiger partial charge in [0, 0.05) is 10.0 Å². The fraction of sp³-hybridized carbons (Fsp3) is 0.278. The highest BCUT2D eigenvalue weighted by molar-refractivity contribution is 9.10. The van der Waals surface area contributed by atoms with E-state index in [1.807, 2.05) is 42.5 Å². The average Bonchev–Trinajstić information content (AvgIpc) is 2.45. The van der Waals surface area contributed by atoms with E-state index in [0.29, 0.717) is 5.56 Å². The molecule has 2 aromatic rings. The first kappa shape index (κ1) is 15.8. The minimum Gasteiger partial charge on any atom is -0.345 e. The Bertz CT molecular complexity index is 599. The Balaban J connectivity index is 2.24. The zero-order valence-corrected chi connectivity index (χ0v) is 14.1. The number of hydrogen-bond acceptors (Lipinski definition) is 1. The first-order valence-corrected chi connectivity index (χ1v) is 7.78. The zero-order chi connectivity index (χ0) is 15.5. The monoisotopic (exact) mass is 345 g/mol. The fourth-order valence-electron chi connectivity index (χ4n) is 2.26. The summed E-state index contributed by atoms with van der Waals surface area (Å²) in [4.78, 5) is 12.5. The molecule has 1 N–H and O–H groups in total. The summed E-state index contributed by atoms with van der Waals surface area (Å²) in [6.07, 6.45) is 0. The van der Waals surface area contributed by atoms with E-state index in [-0.39, 0.29) is 17.4 Å². The first-order valence-electron chi connectivity index (χ1n) is 6.99. The number of benzene rings is 2. The van der Waals surface area contributed by atoms with E-state index in [0.717, 1.165) is 10.0 Å². The average molecular weight is 346 g/mol. The minimum atomic E-state index is -0.0631. The molecule has 1 unspecified atom stereocenters. The molecule has 2 nitrogen and oxygen atoms in total. The Hall–Kier alpha value is -1.61. The SMILES string of the molecule is CC(C)(C)C(NC(=O)c1ccc(Br)cc1)c1ccccc1. The lowest BCUT2D eigenvalue weighted by Gasteiger charge is -2.32. The third-order valence-electron chi connectivity index (χ3n) is 3.38. The van der Waals surface area contributed by atoms with Crippen LogP contribution < -0.4 is 5.32 Å². The highest BCUT2D eigenvalue weighted by Gasteiger charge is 2.27. The van der Waals surface area contributed by atoms with E-state index >= 15 is 0 Å². The van der Waals surface area contributed by atoms with Crippen molar-refractivity contribution in [1.29, 1.82) is 0 Å². The second-order valence-corrected chi connectivity index (χ2v) is 7.11. The Morgan fingerprint density at radius 2 is 1.57 bits per heavy atom. The highest BCUT2D eigenvalue weighted by Crippen LogP contribution is 2.32. The van der Waals surface area contributed by atoms with Crippen LogP contribution >= 0.6 is 15.9 Å². The van der Waals surface area contributed by atoms with E-state index < -0.39 is 0 Å². The van der Waals surface area contributed by atoms with E-state index in [1.165, 1.54) is 0 Å². The van der Waals surface area contributed by atoms with E-state index in [4.69, 9.17) is 0 Å². The molecule has 0 radical (unpaired) electrons. The Morgan fingerprint density at radius 3 is 2.10 bits per heavy atom. The van der Waals surface area contributed by atoms with Crippen molar-refractivity contribution in [3.05, 3.63) is 70.2 Å². The Morgan fingerprint density at radius 1 is 1.00 bits per heavy atom. The molecule has 2 aromatic carbocycles. The van der Waals surface area contributed by atoms with Crippen LogP contribution in [0.25, 0.3) is 0 Å². The summed E-state index contributed by atoms with van der Waals surface area (Å²) in [5, 5.41) is 3.15. The van der Waals surface area contributed by atoms with Crippen LogP contribution in [0.4, 0.5) is 0 Å². The third-order valence-corrected chi connectivity index (χ3v) is 3.91. The van der Waals surface area contributed by atoms with Crippen LogP contribution in [0.2, 0.25) is 0 Å². The van der Waals surface area contributed by atoms with Gasteiger partial charge in [-0.2, -0.15) is 0 Å². The maximum atomic E-state index is 12.5. The normalized spacial score (nSPS) is 12.8. The van der Waals surface area contributed by atoms with Crippen molar-refractivity contribution >= 4 is 21.8 Å². The predicted octanol–water partition coefficient (Wildman–Crippen LogP) is 4.97. The topological polar surface area (TPSA) is 29.1 Å². The van der Waals surface area contributed by atoms with Gasteiger partial charge in [-0.3, -0.25) is 4.79 Å². The molecule has 3 heteroatoms. The second-order valence-electron chi connectivity index (χ2n) is 6.19. The molecule has 0 spiro atoms. The molecule has 0 bridgehead atoms. The molecular weight excluding hydrogens is 326 g/mol. The van der Waals surface area contributed by atoms with Crippen LogP contribution in [-0.2, 0) is 0 Å². The number of halogens is 1. The predicted molar refractivity (Wildman–Crippen MR) is 90.2 cm³/mol. The summed E-state index contributed by atoms with van der Waals surface area (Å²) in [6.45, 7) is 6.39. The van der Waals surface area contributed by atoms with E-state index in [2.05, 4.69) is 54.2 Å². The molecule has 0 saturated carbocycles. The van der Waals surface area contributed by atoms with Crippen molar-refractivity contribution in [1.82, 2.24) is 5.32 Å². The number of hydrogen-bond donors (Lipinski definition) is 1. The molecule has 0 heterocycles. The molecule has 1 atom stereocenters. The first-order chi connectivity index (χ1) is 9.88. The van der Waals surface area contributed by atoms with Crippen molar-refractivity contribution in [2.24, 2.45) is 5.41 Å². The lowest BCUT2D eigenvalue weighted by Crippen LogP contribution is -2.36. The lowest BCUT2D eigenvalue weighted by molar-refractivity contribution is 0.0901. The standard InChI is InChI=1S/C18H20BrNO/c1-18(2,3)16(13-7-5-4-6-8-13)20-17(21)14-9-11-15(19)12-10-14/h4-12,16H,1-3H3,(H,20,21). The van der Waals surface area contributed by atoms with Crippen LogP contribution in [0.3, 0.4) is 0 Å². The molecule has 110 valence electrons. The van der Waals surface area contributed by atoms with Gasteiger partial charge >= 0.3 is 0 Å². The maximum Gasteiger partial charge on any atom is 0.251 e. The molecule has 1 amide bonds. The molecule has 0 saturated heterocycles. The molecule has 0 aromatic heterocycles. The zero-order valence-electron chi connectivity index (χ0n) is 12.6. The highest BCUT2D eigenvalue weighted by atomic mass is 79.9. The van der Waals surface area contributed by atoms with Crippen LogP contribution in [0.1, 0.15) is 42.7 Å². The summed E-state index contributed by atoms with van der Waals surface area (Å²) in [5.41, 5.74) is 1.73. The third kappa shape index (κ3) is 4.18. The van der Waals surface area contributed by atoms with Crippen LogP contribution in [-0.4, -0.2) is 5.91 Å². The van der Waals surface area contributed by atoms with Gasteiger partial charge in [-0.25, -0.2) is 0 Å². The molecular formula is C18H20BrNO. The van der Waals surface area contributed by atoms with Gasteiger partial charge in [0.05, 0.1) is 6.04 Å². The van der Waals surface area contributed by atoms with E-state index in [1.54, 1.807) is 0 Å². The van der Waals surface area contributed by atoms with E-state index in [9.17, 15) is 4.79 Å². The van der Waals surface area contributed by atoms with Gasteiger partial charge in [-0.05, 0) is 35.2 Å². The molecule has 0 aliphatic carbocycles. The summed E-state index contributed by atoms with van der Waals surface area (Å²) in [5.74, 6) is -0.0497. The minimum absolute atomic E-state index is 0.0325. The summed E-state index contributed by atoms with van der Waals surface area (Å²) in [6, 6.07) is 17.5. The van der Waals surface area contributed by atoms with Gasteiger partial charge < -0.3 is 5.32 Å². The van der Waals surface area contributed by atoms with Crippen molar-refractivity contribution in [3.8, 4) is 0 Å². The van der Waals surface area contributed by atoms with Crippen molar-refractivity contribution in [2.75, 3.05) is 0 Å². The van der Waals surface area contributed by atoms with Gasteiger partial charge in [0.25, 0.3) is 5.91 Å².